The van der Waals surface area contributed by atoms with E-state index in [0.29, 0.717) is 19.6 Å². The van der Waals surface area contributed by atoms with Crippen molar-refractivity contribution in [3.8, 4) is 0 Å². The van der Waals surface area contributed by atoms with Crippen molar-refractivity contribution >= 4 is 17.7 Å². The molecule has 1 aliphatic rings. The first-order valence-electron chi connectivity index (χ1n) is 7.19. The van der Waals surface area contributed by atoms with Gasteiger partial charge in [-0.1, -0.05) is 20.8 Å². The van der Waals surface area contributed by atoms with Crippen molar-refractivity contribution in [1.82, 2.24) is 4.90 Å². The molecule has 5 nitrogen and oxygen atoms in total. The number of nitrogens with zero attached hydrogens (tertiary/aromatic N) is 1. The molecular weight excluding hydrogens is 258 g/mol. The molecule has 0 bridgehead atoms. The van der Waals surface area contributed by atoms with Gasteiger partial charge >= 0.3 is 5.97 Å². The van der Waals surface area contributed by atoms with Gasteiger partial charge in [-0.3, -0.25) is 14.4 Å². The van der Waals surface area contributed by atoms with E-state index < -0.39 is 0 Å². The summed E-state index contributed by atoms with van der Waals surface area (Å²) in [7, 11) is 0. The summed E-state index contributed by atoms with van der Waals surface area (Å²) in [6.07, 6.45) is 0.745. The fourth-order valence-corrected chi connectivity index (χ4v) is 2.27. The monoisotopic (exact) mass is 283 g/mol. The molecule has 1 atom stereocenters. The molecule has 1 fully saturated rings. The van der Waals surface area contributed by atoms with Crippen molar-refractivity contribution in [2.24, 2.45) is 11.3 Å². The number of rotatable bonds is 6. The normalized spacial score (nSPS) is 19.3. The van der Waals surface area contributed by atoms with Crippen LogP contribution in [-0.2, 0) is 19.1 Å². The van der Waals surface area contributed by atoms with Crippen LogP contribution in [0.25, 0.3) is 0 Å². The molecule has 5 heteroatoms. The lowest BCUT2D eigenvalue weighted by molar-refractivity contribution is -0.144. The van der Waals surface area contributed by atoms with E-state index >= 15 is 0 Å². The Kier molecular flexibility index (Phi) is 5.72. The molecule has 1 aliphatic heterocycles. The van der Waals surface area contributed by atoms with Crippen LogP contribution in [0, 0.1) is 11.3 Å². The number of hydrogen-bond acceptors (Lipinski definition) is 4. The number of ketones is 1. The molecule has 0 radical (unpaired) electrons. The lowest BCUT2D eigenvalue weighted by Gasteiger charge is -2.26. The highest BCUT2D eigenvalue weighted by Crippen LogP contribution is 2.34. The molecule has 20 heavy (non-hydrogen) atoms. The Morgan fingerprint density at radius 3 is 2.45 bits per heavy atom. The summed E-state index contributed by atoms with van der Waals surface area (Å²) in [4.78, 5) is 36.5. The molecule has 1 unspecified atom stereocenters. The molecule has 1 amide bonds. The van der Waals surface area contributed by atoms with Crippen LogP contribution in [-0.4, -0.2) is 42.3 Å². The number of ether oxygens (including phenoxy) is 1. The van der Waals surface area contributed by atoms with Crippen LogP contribution >= 0.6 is 0 Å². The number of Topliss-reactive ketones (excluding diaryl/α,β-unsaturated/α-hetero) is 1. The maximum atomic E-state index is 11.9. The third-order valence-electron chi connectivity index (χ3n) is 3.72. The molecule has 1 rings (SSSR count). The van der Waals surface area contributed by atoms with Gasteiger partial charge in [0.15, 0.2) is 5.78 Å². The average molecular weight is 283 g/mol. The van der Waals surface area contributed by atoms with Crippen molar-refractivity contribution in [2.75, 3.05) is 19.7 Å². The van der Waals surface area contributed by atoms with Gasteiger partial charge in [-0.05, 0) is 18.3 Å². The third kappa shape index (κ3) is 4.94. The number of amides is 1. The van der Waals surface area contributed by atoms with E-state index in [4.69, 9.17) is 4.74 Å². The molecule has 0 aromatic heterocycles. The van der Waals surface area contributed by atoms with Gasteiger partial charge in [-0.2, -0.15) is 0 Å². The Hall–Kier alpha value is -1.39. The highest BCUT2D eigenvalue weighted by Gasteiger charge is 2.37. The van der Waals surface area contributed by atoms with Gasteiger partial charge in [0.1, 0.15) is 0 Å². The Bertz CT molecular complexity index is 384. The predicted molar refractivity (Wildman–Crippen MR) is 75.0 cm³/mol. The van der Waals surface area contributed by atoms with E-state index in [1.54, 1.807) is 11.8 Å². The lowest BCUT2D eigenvalue weighted by atomic mass is 9.80. The van der Waals surface area contributed by atoms with Gasteiger partial charge in [-0.15, -0.1) is 0 Å². The lowest BCUT2D eigenvalue weighted by Crippen LogP contribution is -2.32. The Balaban J connectivity index is 2.39. The van der Waals surface area contributed by atoms with E-state index in [-0.39, 0.29) is 48.4 Å². The number of esters is 1. The molecule has 0 N–H and O–H groups in total. The van der Waals surface area contributed by atoms with E-state index in [0.717, 1.165) is 0 Å². The maximum Gasteiger partial charge on any atom is 0.306 e. The second-order valence-electron chi connectivity index (χ2n) is 6.39. The molecule has 0 aromatic carbocycles. The van der Waals surface area contributed by atoms with Gasteiger partial charge < -0.3 is 9.64 Å². The molecule has 1 heterocycles. The second-order valence-corrected chi connectivity index (χ2v) is 6.39. The zero-order valence-corrected chi connectivity index (χ0v) is 12.9. The summed E-state index contributed by atoms with van der Waals surface area (Å²) in [5, 5.41) is 0. The van der Waals surface area contributed by atoms with Crippen molar-refractivity contribution in [2.45, 2.75) is 47.0 Å². The minimum absolute atomic E-state index is 0.0365. The number of likely N-dealkylation sites (tertiary alicyclic amines) is 1. The zero-order valence-electron chi connectivity index (χ0n) is 12.9. The van der Waals surface area contributed by atoms with Crippen LogP contribution < -0.4 is 0 Å². The minimum Gasteiger partial charge on any atom is -0.466 e. The summed E-state index contributed by atoms with van der Waals surface area (Å²) in [6, 6.07) is 0. The molecule has 1 saturated heterocycles. The summed E-state index contributed by atoms with van der Waals surface area (Å²) in [6.45, 7) is 9.13. The standard InChI is InChI=1S/C15H25NO4/c1-5-20-14(19)7-6-12(17)10-16-9-11(8-13(16)18)15(2,3)4/h11H,5-10H2,1-4H3. The summed E-state index contributed by atoms with van der Waals surface area (Å²) in [5.41, 5.74) is 0.0678. The van der Waals surface area contributed by atoms with Crippen molar-refractivity contribution in [1.29, 1.82) is 0 Å². The predicted octanol–water partition coefficient (Wildman–Crippen LogP) is 1.79. The van der Waals surface area contributed by atoms with Gasteiger partial charge in [0.2, 0.25) is 5.91 Å². The summed E-state index contributed by atoms with van der Waals surface area (Å²) >= 11 is 0. The van der Waals surface area contributed by atoms with Gasteiger partial charge in [0.25, 0.3) is 0 Å². The first-order chi connectivity index (χ1) is 9.24. The molecule has 0 saturated carbocycles. The van der Waals surface area contributed by atoms with Crippen LogP contribution in [0.3, 0.4) is 0 Å². The van der Waals surface area contributed by atoms with Crippen molar-refractivity contribution < 1.29 is 19.1 Å². The largest absolute Gasteiger partial charge is 0.466 e. The fraction of sp³-hybridized carbons (Fsp3) is 0.800. The maximum absolute atomic E-state index is 11.9. The summed E-state index contributed by atoms with van der Waals surface area (Å²) < 4.78 is 4.77. The molecule has 114 valence electrons. The quantitative estimate of drug-likeness (QED) is 0.697. The smallest absolute Gasteiger partial charge is 0.306 e. The van der Waals surface area contributed by atoms with Crippen LogP contribution in [0.4, 0.5) is 0 Å². The highest BCUT2D eigenvalue weighted by atomic mass is 16.5. The van der Waals surface area contributed by atoms with Gasteiger partial charge in [0.05, 0.1) is 19.6 Å². The molecule has 0 aliphatic carbocycles. The number of carbonyl (C=O) groups is 3. The topological polar surface area (TPSA) is 63.7 Å². The van der Waals surface area contributed by atoms with E-state index in [1.165, 1.54) is 0 Å². The summed E-state index contributed by atoms with van der Waals surface area (Å²) in [5.74, 6) is -0.121. The van der Waals surface area contributed by atoms with Crippen LogP contribution in [0.5, 0.6) is 0 Å². The third-order valence-corrected chi connectivity index (χ3v) is 3.72. The molecular formula is C15H25NO4. The minimum atomic E-state index is -0.360. The van der Waals surface area contributed by atoms with Crippen molar-refractivity contribution in [3.63, 3.8) is 0 Å². The first-order valence-corrected chi connectivity index (χ1v) is 7.19. The van der Waals surface area contributed by atoms with Crippen LogP contribution in [0.1, 0.15) is 47.0 Å². The Morgan fingerprint density at radius 2 is 1.95 bits per heavy atom. The SMILES string of the molecule is CCOC(=O)CCC(=O)CN1CC(C(C)(C)C)CC1=O. The fourth-order valence-electron chi connectivity index (χ4n) is 2.27. The Labute approximate surface area is 120 Å². The van der Waals surface area contributed by atoms with E-state index in [2.05, 4.69) is 20.8 Å². The number of carbonyl (C=O) groups excluding carboxylic acids is 3. The van der Waals surface area contributed by atoms with Crippen LogP contribution in [0.15, 0.2) is 0 Å². The van der Waals surface area contributed by atoms with Gasteiger partial charge in [-0.25, -0.2) is 0 Å². The Morgan fingerprint density at radius 1 is 1.30 bits per heavy atom. The van der Waals surface area contributed by atoms with E-state index in [9.17, 15) is 14.4 Å². The number of hydrogen-bond donors (Lipinski definition) is 0. The molecule has 0 aromatic rings. The average Bonchev–Trinajstić information content (AvgIpc) is 2.69. The van der Waals surface area contributed by atoms with E-state index in [1.807, 2.05) is 0 Å². The zero-order chi connectivity index (χ0) is 15.3. The first kappa shape index (κ1) is 16.7. The van der Waals surface area contributed by atoms with Crippen LogP contribution in [0.2, 0.25) is 0 Å². The molecule has 0 spiro atoms. The van der Waals surface area contributed by atoms with Gasteiger partial charge in [0, 0.05) is 19.4 Å². The second kappa shape index (κ2) is 6.86. The van der Waals surface area contributed by atoms with Crippen molar-refractivity contribution in [3.05, 3.63) is 0 Å². The highest BCUT2D eigenvalue weighted by molar-refractivity contribution is 5.89.